The standard InChI is InChI=1S/C15H22BrNO/c1-10(2)7-14(9-16)17-15(18)13-6-5-11(3)12(4)8-13/h5-6,8,10,14H,7,9H2,1-4H3,(H,17,18). The molecule has 1 atom stereocenters. The summed E-state index contributed by atoms with van der Waals surface area (Å²) in [4.78, 5) is 12.1. The second kappa shape index (κ2) is 6.93. The van der Waals surface area contributed by atoms with Crippen molar-refractivity contribution < 1.29 is 4.79 Å². The van der Waals surface area contributed by atoms with Crippen molar-refractivity contribution in [3.63, 3.8) is 0 Å². The molecule has 0 saturated carbocycles. The summed E-state index contributed by atoms with van der Waals surface area (Å²) in [7, 11) is 0. The lowest BCUT2D eigenvalue weighted by molar-refractivity contribution is 0.0937. The largest absolute Gasteiger partial charge is 0.348 e. The van der Waals surface area contributed by atoms with Gasteiger partial charge in [0.15, 0.2) is 0 Å². The summed E-state index contributed by atoms with van der Waals surface area (Å²) in [6.45, 7) is 8.41. The number of alkyl halides is 1. The Morgan fingerprint density at radius 3 is 2.44 bits per heavy atom. The minimum atomic E-state index is 0.0169. The average molecular weight is 312 g/mol. The smallest absolute Gasteiger partial charge is 0.251 e. The molecule has 0 radical (unpaired) electrons. The van der Waals surface area contributed by atoms with Gasteiger partial charge in [-0.05, 0) is 49.4 Å². The van der Waals surface area contributed by atoms with Crippen LogP contribution in [0.25, 0.3) is 0 Å². The Morgan fingerprint density at radius 2 is 1.94 bits per heavy atom. The summed E-state index contributed by atoms with van der Waals surface area (Å²) >= 11 is 3.46. The molecule has 1 aromatic carbocycles. The normalized spacial score (nSPS) is 12.6. The maximum Gasteiger partial charge on any atom is 0.251 e. The van der Waals surface area contributed by atoms with Gasteiger partial charge in [0, 0.05) is 16.9 Å². The molecule has 2 nitrogen and oxygen atoms in total. The summed E-state index contributed by atoms with van der Waals surface area (Å²) in [5.74, 6) is 0.593. The van der Waals surface area contributed by atoms with Gasteiger partial charge in [0.1, 0.15) is 0 Å². The maximum absolute atomic E-state index is 12.1. The molecular formula is C15H22BrNO. The molecule has 0 heterocycles. The lowest BCUT2D eigenvalue weighted by atomic mass is 10.0. The van der Waals surface area contributed by atoms with Crippen LogP contribution < -0.4 is 5.32 Å². The van der Waals surface area contributed by atoms with Crippen molar-refractivity contribution in [2.75, 3.05) is 5.33 Å². The molecule has 1 unspecified atom stereocenters. The highest BCUT2D eigenvalue weighted by Gasteiger charge is 2.14. The first-order valence-electron chi connectivity index (χ1n) is 6.38. The van der Waals surface area contributed by atoms with Gasteiger partial charge in [0.2, 0.25) is 0 Å². The summed E-state index contributed by atoms with van der Waals surface area (Å²) in [6, 6.07) is 6.03. The van der Waals surface area contributed by atoms with Gasteiger partial charge in [-0.2, -0.15) is 0 Å². The van der Waals surface area contributed by atoms with Gasteiger partial charge >= 0.3 is 0 Å². The molecule has 18 heavy (non-hydrogen) atoms. The van der Waals surface area contributed by atoms with Gasteiger partial charge in [-0.1, -0.05) is 35.8 Å². The van der Waals surface area contributed by atoms with Crippen molar-refractivity contribution in [3.05, 3.63) is 34.9 Å². The molecular weight excluding hydrogens is 290 g/mol. The molecule has 1 aromatic rings. The first kappa shape index (κ1) is 15.2. The first-order valence-corrected chi connectivity index (χ1v) is 7.50. The van der Waals surface area contributed by atoms with Crippen molar-refractivity contribution in [2.45, 2.75) is 40.2 Å². The maximum atomic E-state index is 12.1. The Labute approximate surface area is 118 Å². The number of carbonyl (C=O) groups excluding carboxylic acids is 1. The van der Waals surface area contributed by atoms with Crippen molar-refractivity contribution in [3.8, 4) is 0 Å². The van der Waals surface area contributed by atoms with Gasteiger partial charge in [-0.25, -0.2) is 0 Å². The number of rotatable bonds is 5. The molecule has 0 aliphatic heterocycles. The van der Waals surface area contributed by atoms with Crippen LogP contribution in [0.4, 0.5) is 0 Å². The van der Waals surface area contributed by atoms with Crippen LogP contribution in [0.2, 0.25) is 0 Å². The zero-order valence-electron chi connectivity index (χ0n) is 11.6. The van der Waals surface area contributed by atoms with E-state index in [9.17, 15) is 4.79 Å². The Morgan fingerprint density at radius 1 is 1.28 bits per heavy atom. The van der Waals surface area contributed by atoms with Crippen molar-refractivity contribution >= 4 is 21.8 Å². The summed E-state index contributed by atoms with van der Waals surface area (Å²) < 4.78 is 0. The quantitative estimate of drug-likeness (QED) is 0.822. The van der Waals surface area contributed by atoms with Crippen LogP contribution in [0, 0.1) is 19.8 Å². The molecule has 1 rings (SSSR count). The first-order chi connectivity index (χ1) is 8.43. The SMILES string of the molecule is Cc1ccc(C(=O)NC(CBr)CC(C)C)cc1C. The third-order valence-corrected chi connectivity index (χ3v) is 3.83. The van der Waals surface area contributed by atoms with Crippen LogP contribution in [0.1, 0.15) is 41.8 Å². The topological polar surface area (TPSA) is 29.1 Å². The van der Waals surface area contributed by atoms with Crippen LogP contribution in [0.5, 0.6) is 0 Å². The Balaban J connectivity index is 2.71. The lowest BCUT2D eigenvalue weighted by Crippen LogP contribution is -2.37. The van der Waals surface area contributed by atoms with E-state index in [2.05, 4.69) is 42.0 Å². The Hall–Kier alpha value is -0.830. The number of carbonyl (C=O) groups is 1. The van der Waals surface area contributed by atoms with Crippen molar-refractivity contribution in [1.29, 1.82) is 0 Å². The van der Waals surface area contributed by atoms with Gasteiger partial charge < -0.3 is 5.32 Å². The number of halogens is 1. The van der Waals surface area contributed by atoms with E-state index in [0.717, 1.165) is 22.9 Å². The van der Waals surface area contributed by atoms with E-state index < -0.39 is 0 Å². The van der Waals surface area contributed by atoms with Crippen LogP contribution in [-0.4, -0.2) is 17.3 Å². The molecule has 0 spiro atoms. The average Bonchev–Trinajstić information content (AvgIpc) is 2.31. The summed E-state index contributed by atoms with van der Waals surface area (Å²) in [5.41, 5.74) is 3.11. The highest BCUT2D eigenvalue weighted by atomic mass is 79.9. The van der Waals surface area contributed by atoms with Crippen LogP contribution >= 0.6 is 15.9 Å². The molecule has 0 aliphatic carbocycles. The van der Waals surface area contributed by atoms with E-state index in [0.29, 0.717) is 5.92 Å². The van der Waals surface area contributed by atoms with E-state index in [1.165, 1.54) is 5.56 Å². The Bertz CT molecular complexity index is 415. The fourth-order valence-corrected chi connectivity index (χ4v) is 2.31. The predicted octanol–water partition coefficient (Wildman–Crippen LogP) is 3.84. The van der Waals surface area contributed by atoms with Crippen LogP contribution in [0.3, 0.4) is 0 Å². The summed E-state index contributed by atoms with van der Waals surface area (Å²) in [6.07, 6.45) is 0.988. The number of benzene rings is 1. The number of aryl methyl sites for hydroxylation is 2. The van der Waals surface area contributed by atoms with Crippen LogP contribution in [-0.2, 0) is 0 Å². The number of hydrogen-bond acceptors (Lipinski definition) is 1. The molecule has 1 N–H and O–H groups in total. The van der Waals surface area contributed by atoms with Gasteiger partial charge in [-0.15, -0.1) is 0 Å². The van der Waals surface area contributed by atoms with Crippen LogP contribution in [0.15, 0.2) is 18.2 Å². The fraction of sp³-hybridized carbons (Fsp3) is 0.533. The molecule has 0 fully saturated rings. The highest BCUT2D eigenvalue weighted by Crippen LogP contribution is 2.12. The number of hydrogen-bond donors (Lipinski definition) is 1. The third kappa shape index (κ3) is 4.45. The van der Waals surface area contributed by atoms with Gasteiger partial charge in [-0.3, -0.25) is 4.79 Å². The second-order valence-electron chi connectivity index (χ2n) is 5.25. The molecule has 100 valence electrons. The van der Waals surface area contributed by atoms with Crippen molar-refractivity contribution in [1.82, 2.24) is 5.32 Å². The fourth-order valence-electron chi connectivity index (χ4n) is 1.88. The van der Waals surface area contributed by atoms with Gasteiger partial charge in [0.05, 0.1) is 0 Å². The van der Waals surface area contributed by atoms with E-state index in [-0.39, 0.29) is 11.9 Å². The number of amides is 1. The van der Waals surface area contributed by atoms with E-state index in [4.69, 9.17) is 0 Å². The van der Waals surface area contributed by atoms with E-state index in [1.54, 1.807) is 0 Å². The molecule has 0 bridgehead atoms. The third-order valence-electron chi connectivity index (χ3n) is 3.05. The van der Waals surface area contributed by atoms with E-state index >= 15 is 0 Å². The highest BCUT2D eigenvalue weighted by molar-refractivity contribution is 9.09. The monoisotopic (exact) mass is 311 g/mol. The zero-order chi connectivity index (χ0) is 13.7. The van der Waals surface area contributed by atoms with Gasteiger partial charge in [0.25, 0.3) is 5.91 Å². The minimum absolute atomic E-state index is 0.0169. The second-order valence-corrected chi connectivity index (χ2v) is 5.90. The van der Waals surface area contributed by atoms with E-state index in [1.807, 2.05) is 25.1 Å². The zero-order valence-corrected chi connectivity index (χ0v) is 13.2. The summed E-state index contributed by atoms with van der Waals surface area (Å²) in [5, 5.41) is 3.87. The van der Waals surface area contributed by atoms with Crippen molar-refractivity contribution in [2.24, 2.45) is 5.92 Å². The molecule has 3 heteroatoms. The predicted molar refractivity (Wildman–Crippen MR) is 80.4 cm³/mol. The molecule has 0 aromatic heterocycles. The number of nitrogens with one attached hydrogen (secondary N) is 1. The molecule has 0 aliphatic rings. The Kier molecular flexibility index (Phi) is 5.86. The molecule has 1 amide bonds. The minimum Gasteiger partial charge on any atom is -0.348 e. The molecule has 0 saturated heterocycles. The lowest BCUT2D eigenvalue weighted by Gasteiger charge is -2.18.